The lowest BCUT2D eigenvalue weighted by Crippen LogP contribution is -2.39. The fourth-order valence-corrected chi connectivity index (χ4v) is 3.61. The number of carbonyl (C=O) groups excluding carboxylic acids is 1. The number of hydrogen-bond donors (Lipinski definition) is 0. The molecule has 3 aromatic rings. The normalized spacial score (nSPS) is 17.0. The van der Waals surface area contributed by atoms with Crippen LogP contribution >= 0.6 is 11.6 Å². The molecule has 3 heterocycles. The van der Waals surface area contributed by atoms with E-state index in [9.17, 15) is 4.79 Å². The summed E-state index contributed by atoms with van der Waals surface area (Å²) in [7, 11) is 0. The van der Waals surface area contributed by atoms with Gasteiger partial charge in [-0.2, -0.15) is 4.98 Å². The van der Waals surface area contributed by atoms with Crippen LogP contribution in [0.5, 0.6) is 0 Å². The minimum absolute atomic E-state index is 0.0135. The van der Waals surface area contributed by atoms with Crippen molar-refractivity contribution in [1.29, 1.82) is 0 Å². The van der Waals surface area contributed by atoms with Crippen LogP contribution in [-0.2, 0) is 11.2 Å². The summed E-state index contributed by atoms with van der Waals surface area (Å²) < 4.78 is 5.38. The maximum absolute atomic E-state index is 12.6. The summed E-state index contributed by atoms with van der Waals surface area (Å²) in [6, 6.07) is 7.45. The van der Waals surface area contributed by atoms with Gasteiger partial charge in [0, 0.05) is 43.0 Å². The van der Waals surface area contributed by atoms with E-state index in [1.165, 1.54) is 0 Å². The van der Waals surface area contributed by atoms with Crippen LogP contribution in [0.2, 0.25) is 5.02 Å². The Bertz CT molecular complexity index is 1010. The average molecular weight is 410 g/mol. The van der Waals surface area contributed by atoms with Gasteiger partial charge >= 0.3 is 0 Å². The van der Waals surface area contributed by atoms with Gasteiger partial charge in [-0.05, 0) is 36.5 Å². The van der Waals surface area contributed by atoms with E-state index in [1.54, 1.807) is 30.7 Å². The average Bonchev–Trinajstić information content (AvgIpc) is 3.22. The number of benzene rings is 1. The van der Waals surface area contributed by atoms with E-state index in [0.29, 0.717) is 35.4 Å². The molecule has 0 bridgehead atoms. The number of nitrogens with zero attached hydrogens (tertiary/aromatic N) is 5. The van der Waals surface area contributed by atoms with E-state index in [-0.39, 0.29) is 11.8 Å². The standard InChI is InChI=1S/C21H20ClN5O2/c22-17-6-2-1-5-16(17)7-8-20(28)27-11-3-4-15(14-27)12-19-25-21(26-29-19)18-13-23-9-10-24-18/h1-2,5-10,13,15H,3-4,11-12,14H2/b8-7+. The molecule has 7 nitrogen and oxygen atoms in total. The molecular weight excluding hydrogens is 390 g/mol. The molecule has 1 amide bonds. The van der Waals surface area contributed by atoms with E-state index in [0.717, 1.165) is 24.9 Å². The summed E-state index contributed by atoms with van der Waals surface area (Å²) in [5, 5.41) is 4.61. The van der Waals surface area contributed by atoms with Gasteiger partial charge in [-0.3, -0.25) is 9.78 Å². The molecule has 1 aromatic carbocycles. The van der Waals surface area contributed by atoms with Gasteiger partial charge in [-0.25, -0.2) is 4.98 Å². The summed E-state index contributed by atoms with van der Waals surface area (Å²) in [5.74, 6) is 1.24. The Kier molecular flexibility index (Phi) is 5.95. The third kappa shape index (κ3) is 4.86. The molecule has 1 atom stereocenters. The van der Waals surface area contributed by atoms with Crippen LogP contribution in [0.15, 0.2) is 53.5 Å². The Balaban J connectivity index is 1.37. The van der Waals surface area contributed by atoms with Crippen LogP contribution in [0.4, 0.5) is 0 Å². The first-order chi connectivity index (χ1) is 14.2. The van der Waals surface area contributed by atoms with Crippen molar-refractivity contribution in [3.05, 3.63) is 65.4 Å². The zero-order chi connectivity index (χ0) is 20.1. The summed E-state index contributed by atoms with van der Waals surface area (Å²) in [5.41, 5.74) is 1.41. The van der Waals surface area contributed by atoms with Crippen LogP contribution in [-0.4, -0.2) is 44.0 Å². The topological polar surface area (TPSA) is 85.0 Å². The van der Waals surface area contributed by atoms with Gasteiger partial charge in [0.05, 0.1) is 6.20 Å². The highest BCUT2D eigenvalue weighted by atomic mass is 35.5. The van der Waals surface area contributed by atoms with Crippen molar-refractivity contribution < 1.29 is 9.32 Å². The number of aromatic nitrogens is 4. The first kappa shape index (κ1) is 19.3. The van der Waals surface area contributed by atoms with Gasteiger partial charge in [-0.15, -0.1) is 0 Å². The lowest BCUT2D eigenvalue weighted by molar-refractivity contribution is -0.127. The summed E-state index contributed by atoms with van der Waals surface area (Å²) in [6.07, 6.45) is 10.7. The van der Waals surface area contributed by atoms with E-state index >= 15 is 0 Å². The van der Waals surface area contributed by atoms with Crippen LogP contribution in [0.3, 0.4) is 0 Å². The summed E-state index contributed by atoms with van der Waals surface area (Å²) in [4.78, 5) is 27.1. The molecule has 0 saturated carbocycles. The first-order valence-electron chi connectivity index (χ1n) is 9.49. The number of hydrogen-bond acceptors (Lipinski definition) is 6. The second-order valence-corrected chi connectivity index (χ2v) is 7.36. The van der Waals surface area contributed by atoms with Gasteiger partial charge in [-0.1, -0.05) is 35.0 Å². The van der Waals surface area contributed by atoms with Crippen molar-refractivity contribution >= 4 is 23.6 Å². The molecule has 1 saturated heterocycles. The number of likely N-dealkylation sites (tertiary alicyclic amines) is 1. The van der Waals surface area contributed by atoms with Crippen molar-refractivity contribution in [1.82, 2.24) is 25.0 Å². The highest BCUT2D eigenvalue weighted by Gasteiger charge is 2.24. The van der Waals surface area contributed by atoms with Crippen molar-refractivity contribution in [3.63, 3.8) is 0 Å². The maximum Gasteiger partial charge on any atom is 0.246 e. The fraction of sp³-hybridized carbons (Fsp3) is 0.286. The van der Waals surface area contributed by atoms with Gasteiger partial charge in [0.1, 0.15) is 5.69 Å². The van der Waals surface area contributed by atoms with Gasteiger partial charge in [0.25, 0.3) is 0 Å². The monoisotopic (exact) mass is 409 g/mol. The molecule has 0 spiro atoms. The second-order valence-electron chi connectivity index (χ2n) is 6.95. The molecule has 1 fully saturated rings. The molecule has 8 heteroatoms. The molecule has 1 unspecified atom stereocenters. The third-order valence-corrected chi connectivity index (χ3v) is 5.21. The van der Waals surface area contributed by atoms with Crippen LogP contribution in [0.1, 0.15) is 24.3 Å². The van der Waals surface area contributed by atoms with Gasteiger partial charge in [0.15, 0.2) is 0 Å². The molecule has 0 radical (unpaired) electrons. The SMILES string of the molecule is O=C(/C=C/c1ccccc1Cl)N1CCCC(Cc2nc(-c3cnccn3)no2)C1. The Morgan fingerprint density at radius 2 is 2.21 bits per heavy atom. The zero-order valence-corrected chi connectivity index (χ0v) is 16.5. The molecule has 0 N–H and O–H groups in total. The zero-order valence-electron chi connectivity index (χ0n) is 15.7. The molecule has 0 aliphatic carbocycles. The smallest absolute Gasteiger partial charge is 0.246 e. The Morgan fingerprint density at radius 3 is 3.03 bits per heavy atom. The quantitative estimate of drug-likeness (QED) is 0.597. The minimum Gasteiger partial charge on any atom is -0.339 e. The number of halogens is 1. The van der Waals surface area contributed by atoms with Gasteiger partial charge in [0.2, 0.25) is 17.6 Å². The Hall–Kier alpha value is -3.06. The maximum atomic E-state index is 12.6. The second kappa shape index (κ2) is 8.96. The van der Waals surface area contributed by atoms with Gasteiger partial charge < -0.3 is 9.42 Å². The van der Waals surface area contributed by atoms with Crippen LogP contribution < -0.4 is 0 Å². The summed E-state index contributed by atoms with van der Waals surface area (Å²) in [6.45, 7) is 1.41. The molecule has 29 heavy (non-hydrogen) atoms. The highest BCUT2D eigenvalue weighted by molar-refractivity contribution is 6.32. The largest absolute Gasteiger partial charge is 0.339 e. The van der Waals surface area contributed by atoms with Crippen molar-refractivity contribution in [2.24, 2.45) is 5.92 Å². The fourth-order valence-electron chi connectivity index (χ4n) is 3.41. The number of rotatable bonds is 5. The van der Waals surface area contributed by atoms with E-state index in [1.807, 2.05) is 29.2 Å². The van der Waals surface area contributed by atoms with E-state index in [4.69, 9.17) is 16.1 Å². The number of piperidine rings is 1. The number of amides is 1. The molecule has 1 aliphatic heterocycles. The lowest BCUT2D eigenvalue weighted by atomic mass is 9.94. The molecule has 1 aliphatic rings. The van der Waals surface area contributed by atoms with Crippen molar-refractivity contribution in [3.8, 4) is 11.5 Å². The van der Waals surface area contributed by atoms with Crippen molar-refractivity contribution in [2.45, 2.75) is 19.3 Å². The Labute approximate surface area is 173 Å². The van der Waals surface area contributed by atoms with E-state index in [2.05, 4.69) is 20.1 Å². The van der Waals surface area contributed by atoms with Crippen LogP contribution in [0.25, 0.3) is 17.6 Å². The molecule has 4 rings (SSSR count). The predicted molar refractivity (Wildman–Crippen MR) is 109 cm³/mol. The highest BCUT2D eigenvalue weighted by Crippen LogP contribution is 2.22. The Morgan fingerprint density at radius 1 is 1.31 bits per heavy atom. The van der Waals surface area contributed by atoms with Crippen molar-refractivity contribution in [2.75, 3.05) is 13.1 Å². The molecular formula is C21H20ClN5O2. The predicted octanol–water partition coefficient (Wildman–Crippen LogP) is 3.67. The number of carbonyl (C=O) groups is 1. The minimum atomic E-state index is -0.0135. The first-order valence-corrected chi connectivity index (χ1v) is 9.87. The molecule has 2 aromatic heterocycles. The van der Waals surface area contributed by atoms with Crippen LogP contribution in [0, 0.1) is 5.92 Å². The molecule has 148 valence electrons. The summed E-state index contributed by atoms with van der Waals surface area (Å²) >= 11 is 6.15. The third-order valence-electron chi connectivity index (χ3n) is 4.87. The lowest BCUT2D eigenvalue weighted by Gasteiger charge is -2.31. The van der Waals surface area contributed by atoms with E-state index < -0.39 is 0 Å².